The summed E-state index contributed by atoms with van der Waals surface area (Å²) < 4.78 is 11.2. The number of imidazole rings is 1. The summed E-state index contributed by atoms with van der Waals surface area (Å²) >= 11 is 0. The third-order valence-electron chi connectivity index (χ3n) is 20.1. The number of aryl methyl sites for hydroxylation is 1. The Bertz CT molecular complexity index is 3840. The first kappa shape index (κ1) is 63.4. The number of hydrogen-bond acceptors (Lipinski definition) is 18. The van der Waals surface area contributed by atoms with Gasteiger partial charge < -0.3 is 97.1 Å². The lowest BCUT2D eigenvalue weighted by atomic mass is 9.38. The third kappa shape index (κ3) is 10.7. The Kier molecular flexibility index (Phi) is 17.5. The van der Waals surface area contributed by atoms with Crippen molar-refractivity contribution in [1.29, 1.82) is 0 Å². The second-order valence-corrected chi connectivity index (χ2v) is 25.0. The van der Waals surface area contributed by atoms with Gasteiger partial charge in [-0.15, -0.1) is 0 Å². The fourth-order valence-corrected chi connectivity index (χ4v) is 16.1. The number of guanidine groups is 1. The Morgan fingerprint density at radius 2 is 1.74 bits per heavy atom. The first-order chi connectivity index (χ1) is 44.3. The molecule has 12 rings (SSSR count). The number of carboxylic acid groups (broad SMARTS) is 1. The molecule has 486 valence electrons. The Morgan fingerprint density at radius 1 is 0.924 bits per heavy atom. The zero-order valence-electron chi connectivity index (χ0n) is 50.3. The molecule has 2 aromatic heterocycles. The molecule has 6 aliphatic rings. The van der Waals surface area contributed by atoms with E-state index in [9.17, 15) is 61.3 Å². The Morgan fingerprint density at radius 3 is 2.50 bits per heavy atom. The van der Waals surface area contributed by atoms with Crippen molar-refractivity contribution in [1.82, 2.24) is 20.3 Å². The van der Waals surface area contributed by atoms with E-state index in [4.69, 9.17) is 15.2 Å². The smallest absolute Gasteiger partial charge is 0.355 e. The zero-order valence-corrected chi connectivity index (χ0v) is 50.3. The SMILES string of the molecule is NC(=NCc1ccccc1)NCCC[C@H](O)[C@H]1C=C[C@]2([C@@]34c5c(O)cccc5CC[C@@H]3CCC[C@H]4CO)C(=C[C@]3(C(=O)O)[C@H]2c2c(cc(O[C@]4(O)O[C@H](CO)[C@@H](O)[C@H](O)[C@H]4O)c(O)c2O)N3C(=O)/C=C/c2ccc(O)c(Cc3[nH]cnc3CCNc3ccc[nH]3)c2)C1. The maximum atomic E-state index is 16.0. The number of aliphatic carboxylic acids is 1. The number of aliphatic hydroxyl groups excluding tert-OH is 6. The largest absolute Gasteiger partial charge is 0.508 e. The normalized spacial score (nSPS) is 29.2. The molecule has 1 amide bonds. The summed E-state index contributed by atoms with van der Waals surface area (Å²) in [4.78, 5) is 47.5. The number of nitrogens with one attached hydrogen (secondary N) is 4. The van der Waals surface area contributed by atoms with Crippen LogP contribution in [0.1, 0.15) is 95.6 Å². The quantitative estimate of drug-likeness (QED) is 0.00907. The lowest BCUT2D eigenvalue weighted by molar-refractivity contribution is -0.422. The van der Waals surface area contributed by atoms with Gasteiger partial charge in [-0.2, -0.15) is 0 Å². The van der Waals surface area contributed by atoms with Crippen LogP contribution in [0.5, 0.6) is 28.7 Å². The number of rotatable bonds is 21. The van der Waals surface area contributed by atoms with Crippen molar-refractivity contribution in [2.75, 3.05) is 36.5 Å². The van der Waals surface area contributed by atoms with Crippen LogP contribution >= 0.6 is 0 Å². The number of ether oxygens (including phenoxy) is 2. The number of aromatic hydroxyl groups is 4. The number of benzene rings is 4. The molecule has 1 saturated heterocycles. The fraction of sp³-hybridized carbons (Fsp3) is 0.412. The minimum absolute atomic E-state index is 0.0198. The van der Waals surface area contributed by atoms with Crippen molar-refractivity contribution in [3.05, 3.63) is 172 Å². The summed E-state index contributed by atoms with van der Waals surface area (Å²) in [5.41, 5.74) is 4.65. The van der Waals surface area contributed by atoms with Crippen molar-refractivity contribution in [2.45, 2.75) is 124 Å². The molecule has 4 aromatic carbocycles. The summed E-state index contributed by atoms with van der Waals surface area (Å²) in [6.07, 6.45) is 5.49. The predicted octanol–water partition coefficient (Wildman–Crippen LogP) is 4.31. The topological polar surface area (TPSA) is 406 Å². The zero-order chi connectivity index (χ0) is 64.9. The minimum Gasteiger partial charge on any atom is -0.508 e. The molecule has 4 heterocycles. The highest BCUT2D eigenvalue weighted by atomic mass is 16.8. The van der Waals surface area contributed by atoms with Gasteiger partial charge in [0.25, 0.3) is 5.91 Å². The van der Waals surface area contributed by atoms with Crippen LogP contribution in [0.25, 0.3) is 6.08 Å². The fourth-order valence-electron chi connectivity index (χ4n) is 16.1. The molecule has 1 saturated carbocycles. The summed E-state index contributed by atoms with van der Waals surface area (Å²) in [6, 6.07) is 24.1. The number of nitrogens with zero attached hydrogens (tertiary/aromatic N) is 3. The van der Waals surface area contributed by atoms with E-state index in [0.29, 0.717) is 86.8 Å². The minimum atomic E-state index is -3.38. The van der Waals surface area contributed by atoms with Crippen LogP contribution in [0.4, 0.5) is 11.5 Å². The van der Waals surface area contributed by atoms with E-state index in [-0.39, 0.29) is 48.0 Å². The number of phenolic OH excluding ortho intramolecular Hbond substituents is 4. The second-order valence-electron chi connectivity index (χ2n) is 25.0. The Hall–Kier alpha value is -8.72. The van der Waals surface area contributed by atoms with Crippen LogP contribution in [0.3, 0.4) is 0 Å². The molecule has 6 aromatic rings. The molecule has 18 N–H and O–H groups in total. The molecule has 92 heavy (non-hydrogen) atoms. The van der Waals surface area contributed by atoms with Gasteiger partial charge in [0.2, 0.25) is 5.75 Å². The van der Waals surface area contributed by atoms with Crippen LogP contribution in [-0.4, -0.2) is 162 Å². The molecule has 4 aliphatic carbocycles. The van der Waals surface area contributed by atoms with E-state index in [0.717, 1.165) is 45.4 Å². The average Bonchev–Trinajstić information content (AvgIpc) is 1.44. The van der Waals surface area contributed by atoms with E-state index < -0.39 is 119 Å². The van der Waals surface area contributed by atoms with E-state index in [1.165, 1.54) is 18.2 Å². The molecule has 0 radical (unpaired) electrons. The molecule has 0 bridgehead atoms. The number of anilines is 2. The standard InChI is InChI=1S/C68H78N8O16/c69-64(73-33-38-8-2-1-3-9-38)72-26-6-14-48(79)40-22-24-65(67-42(11-5-12-43(67)34-77)19-18-39-10-4-13-50(81)56(39)67)44(29-40)32-66(63(88)89)61(65)55-47(31-51(57(83)59(55)85)91-68(90)62(87)60(86)58(84)52(35-78)92-68)76(66)54(82)21-17-37-16-20-49(80)41(28-37)30-46-45(74-36-75-46)23-27-71-53-15-7-25-70-53/h1-4,7-10,13,15-17,20-22,24-25,28,31-32,36,40,42-43,48,52,58,60-62,70-71,77-81,83-87,90H,5-6,11-12,14,18-19,23,26-27,29-30,33-35H2,(H,74,75)(H,88,89)(H3,69,72,73)/b21-17+/t40-,42-,43-,48-,52+,58+,60-,61-,62+,65-,66+,67-,68-/m0/s1. The average molecular weight is 1260 g/mol. The van der Waals surface area contributed by atoms with Gasteiger partial charge in [0.05, 0.1) is 37.0 Å². The third-order valence-corrected chi connectivity index (χ3v) is 20.1. The van der Waals surface area contributed by atoms with Crippen LogP contribution in [-0.2, 0) is 45.5 Å². The number of H-pyrrole nitrogens is 2. The van der Waals surface area contributed by atoms with Gasteiger partial charge in [0.15, 0.2) is 29.1 Å². The molecule has 24 heteroatoms. The Labute approximate surface area is 529 Å². The summed E-state index contributed by atoms with van der Waals surface area (Å²) in [7, 11) is 0. The highest BCUT2D eigenvalue weighted by Gasteiger charge is 2.78. The molecule has 24 nitrogen and oxygen atoms in total. The van der Waals surface area contributed by atoms with Crippen molar-refractivity contribution >= 4 is 35.4 Å². The first-order valence-electron chi connectivity index (χ1n) is 31.2. The van der Waals surface area contributed by atoms with Gasteiger partial charge in [0, 0.05) is 95.9 Å². The number of amides is 1. The summed E-state index contributed by atoms with van der Waals surface area (Å²) in [5, 5.41) is 147. The van der Waals surface area contributed by atoms with Gasteiger partial charge in [0.1, 0.15) is 35.6 Å². The first-order valence-corrected chi connectivity index (χ1v) is 31.2. The number of aromatic nitrogens is 3. The van der Waals surface area contributed by atoms with E-state index in [2.05, 4.69) is 30.6 Å². The molecule has 13 atom stereocenters. The van der Waals surface area contributed by atoms with E-state index in [1.54, 1.807) is 36.8 Å². The molecular formula is C68H78N8O16. The lowest BCUT2D eigenvalue weighted by Crippen LogP contribution is -2.67. The van der Waals surface area contributed by atoms with Crippen molar-refractivity contribution in [2.24, 2.45) is 33.9 Å². The molecule has 0 unspecified atom stereocenters. The van der Waals surface area contributed by atoms with Crippen LogP contribution in [0.15, 0.2) is 132 Å². The summed E-state index contributed by atoms with van der Waals surface area (Å²) in [6.45, 7) is -0.207. The lowest BCUT2D eigenvalue weighted by Gasteiger charge is -2.64. The monoisotopic (exact) mass is 1260 g/mol. The second kappa shape index (κ2) is 25.4. The van der Waals surface area contributed by atoms with Gasteiger partial charge in [-0.05, 0) is 116 Å². The number of carboxylic acids is 1. The van der Waals surface area contributed by atoms with E-state index in [1.807, 2.05) is 60.7 Å². The number of phenols is 4. The molecule has 0 spiro atoms. The number of carbonyl (C=O) groups is 2. The highest BCUT2D eigenvalue weighted by Crippen LogP contribution is 2.78. The van der Waals surface area contributed by atoms with Gasteiger partial charge >= 0.3 is 11.9 Å². The summed E-state index contributed by atoms with van der Waals surface area (Å²) in [5.74, 6) is -11.7. The molecule has 2 aliphatic heterocycles. The van der Waals surface area contributed by atoms with Crippen molar-refractivity contribution in [3.8, 4) is 28.7 Å². The van der Waals surface area contributed by atoms with Crippen LogP contribution in [0.2, 0.25) is 0 Å². The number of aliphatic hydroxyl groups is 7. The van der Waals surface area contributed by atoms with E-state index >= 15 is 9.59 Å². The number of nitrogens with two attached hydrogens (primary N) is 1. The van der Waals surface area contributed by atoms with Gasteiger partial charge in [-0.1, -0.05) is 72.7 Å². The maximum Gasteiger partial charge on any atom is 0.355 e. The molecular weight excluding hydrogens is 1180 g/mol. The van der Waals surface area contributed by atoms with Crippen molar-refractivity contribution < 1.29 is 80.3 Å². The number of aliphatic imine (C=N–C) groups is 1. The van der Waals surface area contributed by atoms with Gasteiger partial charge in [-0.25, -0.2) is 14.8 Å². The maximum absolute atomic E-state index is 16.0. The van der Waals surface area contributed by atoms with Crippen LogP contribution < -0.4 is 26.0 Å². The number of carbonyl (C=O) groups excluding carboxylic acids is 1. The number of aromatic amines is 2. The highest BCUT2D eigenvalue weighted by molar-refractivity contribution is 6.14. The van der Waals surface area contributed by atoms with Crippen molar-refractivity contribution in [3.63, 3.8) is 0 Å². The number of fused-ring (bicyclic) bond motifs is 9. The van der Waals surface area contributed by atoms with Gasteiger partial charge in [-0.3, -0.25) is 9.69 Å². The Balaban J connectivity index is 0.990. The molecule has 2 fully saturated rings. The van der Waals surface area contributed by atoms with Crippen LogP contribution in [0, 0.1) is 23.2 Å². The number of hydrogen-bond donors (Lipinski definition) is 17. The number of allylic oxidation sites excluding steroid dienone is 2. The predicted molar refractivity (Wildman–Crippen MR) is 336 cm³/mol.